The van der Waals surface area contributed by atoms with Gasteiger partial charge < -0.3 is 20.9 Å². The number of fused-ring (bicyclic) bond motifs is 1. The second kappa shape index (κ2) is 9.00. The number of benzene rings is 2. The Labute approximate surface area is 136 Å². The van der Waals surface area contributed by atoms with Crippen molar-refractivity contribution in [1.29, 1.82) is 0 Å². The van der Waals surface area contributed by atoms with E-state index in [4.69, 9.17) is 15.6 Å². The monoisotopic (exact) mass is 316 g/mol. The summed E-state index contributed by atoms with van der Waals surface area (Å²) in [5.74, 6) is 0.846. The normalized spacial score (nSPS) is 10.7. The van der Waals surface area contributed by atoms with Crippen LogP contribution in [0, 0.1) is 0 Å². The molecule has 0 spiro atoms. The van der Waals surface area contributed by atoms with Gasteiger partial charge in [0, 0.05) is 11.9 Å². The van der Waals surface area contributed by atoms with E-state index < -0.39 is 6.09 Å². The van der Waals surface area contributed by atoms with Crippen molar-refractivity contribution in [3.8, 4) is 5.75 Å². The van der Waals surface area contributed by atoms with Crippen molar-refractivity contribution in [3.63, 3.8) is 0 Å². The molecule has 0 aromatic heterocycles. The first-order valence-corrected chi connectivity index (χ1v) is 8.02. The Morgan fingerprint density at radius 1 is 1.09 bits per heavy atom. The Balaban J connectivity index is 2.03. The van der Waals surface area contributed by atoms with E-state index in [1.807, 2.05) is 18.2 Å². The van der Waals surface area contributed by atoms with Gasteiger partial charge in [-0.15, -0.1) is 0 Å². The molecule has 0 atom stereocenters. The van der Waals surface area contributed by atoms with Gasteiger partial charge in [0.15, 0.2) is 0 Å². The van der Waals surface area contributed by atoms with Gasteiger partial charge in [0.2, 0.25) is 0 Å². The van der Waals surface area contributed by atoms with Crippen molar-refractivity contribution in [1.82, 2.24) is 5.32 Å². The second-order valence-electron chi connectivity index (χ2n) is 5.45. The zero-order chi connectivity index (χ0) is 16.5. The van der Waals surface area contributed by atoms with Crippen molar-refractivity contribution in [2.45, 2.75) is 25.7 Å². The number of nitrogens with two attached hydrogens (primary N) is 1. The highest BCUT2D eigenvalue weighted by atomic mass is 16.5. The molecule has 0 fully saturated rings. The average Bonchev–Trinajstić information content (AvgIpc) is 2.56. The van der Waals surface area contributed by atoms with Gasteiger partial charge in [-0.05, 0) is 49.2 Å². The molecular weight excluding hydrogens is 292 g/mol. The standard InChI is InChI=1S/C18H24N2O3/c19-11-4-3-6-14-9-10-17(16-8-2-1-7-15(14)16)23-13-5-12-20-18(21)22/h1-2,7-10,20H,3-6,11-13,19H2,(H,21,22). The minimum atomic E-state index is -1.00. The minimum absolute atomic E-state index is 0.393. The predicted octanol–water partition coefficient (Wildman–Crippen LogP) is 3.16. The number of amides is 1. The minimum Gasteiger partial charge on any atom is -0.493 e. The number of unbranched alkanes of at least 4 members (excludes halogenated alkanes) is 1. The summed E-state index contributed by atoms with van der Waals surface area (Å²) < 4.78 is 5.83. The lowest BCUT2D eigenvalue weighted by Gasteiger charge is -2.12. The maximum Gasteiger partial charge on any atom is 0.404 e. The molecule has 23 heavy (non-hydrogen) atoms. The molecular formula is C18H24N2O3. The molecule has 2 aromatic rings. The fourth-order valence-electron chi connectivity index (χ4n) is 2.59. The van der Waals surface area contributed by atoms with Crippen LogP contribution in [0.5, 0.6) is 5.75 Å². The molecule has 0 saturated heterocycles. The smallest absolute Gasteiger partial charge is 0.404 e. The highest BCUT2D eigenvalue weighted by Gasteiger charge is 2.06. The second-order valence-corrected chi connectivity index (χ2v) is 5.45. The Kier molecular flexibility index (Phi) is 6.69. The van der Waals surface area contributed by atoms with Crippen LogP contribution in [0.15, 0.2) is 36.4 Å². The van der Waals surface area contributed by atoms with Crippen LogP contribution in [0.25, 0.3) is 10.8 Å². The number of hydrogen-bond acceptors (Lipinski definition) is 3. The third-order valence-electron chi connectivity index (χ3n) is 3.73. The SMILES string of the molecule is NCCCCc1ccc(OCCCNC(=O)O)c2ccccc12. The summed E-state index contributed by atoms with van der Waals surface area (Å²) in [6.07, 6.45) is 2.77. The molecule has 0 radical (unpaired) electrons. The number of rotatable bonds is 9. The summed E-state index contributed by atoms with van der Waals surface area (Å²) in [7, 11) is 0. The molecule has 0 heterocycles. The summed E-state index contributed by atoms with van der Waals surface area (Å²) in [4.78, 5) is 10.4. The molecule has 5 nitrogen and oxygen atoms in total. The third-order valence-corrected chi connectivity index (χ3v) is 3.73. The highest BCUT2D eigenvalue weighted by molar-refractivity contribution is 5.91. The maximum atomic E-state index is 10.4. The third kappa shape index (κ3) is 5.14. The molecule has 124 valence electrons. The largest absolute Gasteiger partial charge is 0.493 e. The number of ether oxygens (including phenoxy) is 1. The molecule has 1 amide bonds. The van der Waals surface area contributed by atoms with Crippen molar-refractivity contribution >= 4 is 16.9 Å². The lowest BCUT2D eigenvalue weighted by atomic mass is 9.99. The molecule has 0 aliphatic carbocycles. The van der Waals surface area contributed by atoms with Crippen LogP contribution < -0.4 is 15.8 Å². The Bertz CT molecular complexity index is 643. The van der Waals surface area contributed by atoms with E-state index in [9.17, 15) is 4.79 Å². The Hall–Kier alpha value is -2.27. The fraction of sp³-hybridized carbons (Fsp3) is 0.389. The number of carbonyl (C=O) groups is 1. The van der Waals surface area contributed by atoms with Gasteiger partial charge in [0.05, 0.1) is 6.61 Å². The summed E-state index contributed by atoms with van der Waals surface area (Å²) in [6.45, 7) is 1.60. The van der Waals surface area contributed by atoms with Crippen LogP contribution >= 0.6 is 0 Å². The Morgan fingerprint density at radius 2 is 1.87 bits per heavy atom. The number of nitrogens with one attached hydrogen (secondary N) is 1. The van der Waals surface area contributed by atoms with Crippen LogP contribution in [0.3, 0.4) is 0 Å². The molecule has 4 N–H and O–H groups in total. The average molecular weight is 316 g/mol. The van der Waals surface area contributed by atoms with E-state index in [-0.39, 0.29) is 0 Å². The highest BCUT2D eigenvalue weighted by Crippen LogP contribution is 2.29. The first kappa shape index (κ1) is 17.1. The van der Waals surface area contributed by atoms with Crippen molar-refractivity contribution in [3.05, 3.63) is 42.0 Å². The summed E-state index contributed by atoms with van der Waals surface area (Å²) in [5, 5.41) is 13.2. The lowest BCUT2D eigenvalue weighted by Crippen LogP contribution is -2.23. The van der Waals surface area contributed by atoms with Crippen LogP contribution in [0.2, 0.25) is 0 Å². The van der Waals surface area contributed by atoms with Crippen LogP contribution in [0.1, 0.15) is 24.8 Å². The topological polar surface area (TPSA) is 84.6 Å². The van der Waals surface area contributed by atoms with E-state index >= 15 is 0 Å². The van der Waals surface area contributed by atoms with Gasteiger partial charge in [-0.2, -0.15) is 0 Å². The van der Waals surface area contributed by atoms with Crippen LogP contribution in [-0.4, -0.2) is 30.9 Å². The van der Waals surface area contributed by atoms with Crippen LogP contribution in [0.4, 0.5) is 4.79 Å². The Morgan fingerprint density at radius 3 is 2.61 bits per heavy atom. The summed E-state index contributed by atoms with van der Waals surface area (Å²) >= 11 is 0. The lowest BCUT2D eigenvalue weighted by molar-refractivity contribution is 0.193. The van der Waals surface area contributed by atoms with E-state index in [0.717, 1.165) is 36.9 Å². The van der Waals surface area contributed by atoms with E-state index in [1.54, 1.807) is 0 Å². The van der Waals surface area contributed by atoms with Crippen molar-refractivity contribution < 1.29 is 14.6 Å². The first-order chi connectivity index (χ1) is 11.2. The molecule has 0 aliphatic heterocycles. The first-order valence-electron chi connectivity index (χ1n) is 8.02. The van der Waals surface area contributed by atoms with Crippen molar-refractivity contribution in [2.24, 2.45) is 5.73 Å². The zero-order valence-corrected chi connectivity index (χ0v) is 13.3. The van der Waals surface area contributed by atoms with Gasteiger partial charge in [0.25, 0.3) is 0 Å². The molecule has 0 bridgehead atoms. The van der Waals surface area contributed by atoms with Gasteiger partial charge in [-0.3, -0.25) is 0 Å². The number of carboxylic acid groups (broad SMARTS) is 1. The van der Waals surface area contributed by atoms with E-state index in [2.05, 4.69) is 23.5 Å². The van der Waals surface area contributed by atoms with Gasteiger partial charge in [-0.1, -0.05) is 30.3 Å². The maximum absolute atomic E-state index is 10.4. The van der Waals surface area contributed by atoms with E-state index in [0.29, 0.717) is 19.6 Å². The quantitative estimate of drug-likeness (QED) is 0.620. The molecule has 2 rings (SSSR count). The van der Waals surface area contributed by atoms with Gasteiger partial charge in [0.1, 0.15) is 5.75 Å². The predicted molar refractivity (Wildman–Crippen MR) is 92.1 cm³/mol. The van der Waals surface area contributed by atoms with Crippen LogP contribution in [-0.2, 0) is 6.42 Å². The molecule has 0 unspecified atom stereocenters. The van der Waals surface area contributed by atoms with Gasteiger partial charge >= 0.3 is 6.09 Å². The molecule has 2 aromatic carbocycles. The molecule has 5 heteroatoms. The summed E-state index contributed by atoms with van der Waals surface area (Å²) in [6, 6.07) is 12.3. The van der Waals surface area contributed by atoms with Gasteiger partial charge in [-0.25, -0.2) is 4.79 Å². The van der Waals surface area contributed by atoms with E-state index in [1.165, 1.54) is 10.9 Å². The van der Waals surface area contributed by atoms with Crippen molar-refractivity contribution in [2.75, 3.05) is 19.7 Å². The number of aryl methyl sites for hydroxylation is 1. The molecule has 0 saturated carbocycles. The fourth-order valence-corrected chi connectivity index (χ4v) is 2.59. The summed E-state index contributed by atoms with van der Waals surface area (Å²) in [5.41, 5.74) is 6.88. The number of hydrogen-bond donors (Lipinski definition) is 3. The molecule has 0 aliphatic rings. The zero-order valence-electron chi connectivity index (χ0n) is 13.3.